The van der Waals surface area contributed by atoms with Gasteiger partial charge in [0.1, 0.15) is 0 Å². The summed E-state index contributed by atoms with van der Waals surface area (Å²) in [6, 6.07) is 19.1. The number of imidazole rings is 1. The summed E-state index contributed by atoms with van der Waals surface area (Å²) in [5.74, 6) is 0.821. The predicted octanol–water partition coefficient (Wildman–Crippen LogP) is 6.15. The Morgan fingerprint density at radius 2 is 1.75 bits per heavy atom. The number of hydrogen-bond donors (Lipinski definition) is 1. The summed E-state index contributed by atoms with van der Waals surface area (Å²) < 4.78 is 1.95. The molecule has 1 saturated carbocycles. The Morgan fingerprint density at radius 1 is 0.964 bits per heavy atom. The van der Waals surface area contributed by atoms with Gasteiger partial charge in [-0.15, -0.1) is 0 Å². The standard InChI is InChI=1S/C24H23ClN2O/c25-21-12-22-14-26-15-27(22)23(13-21)24(28)18-8-5-17(6-9-18)20-10-7-16-3-1-2-4-19(16)11-20/h1-4,7,10-15,17-18,24,28H,5-6,8-9H2/t17?,18?,24-/m0/s1. The van der Waals surface area contributed by atoms with Gasteiger partial charge >= 0.3 is 0 Å². The summed E-state index contributed by atoms with van der Waals surface area (Å²) in [6.45, 7) is 0. The zero-order chi connectivity index (χ0) is 19.1. The molecule has 5 rings (SSSR count). The molecule has 2 aromatic carbocycles. The highest BCUT2D eigenvalue weighted by Crippen LogP contribution is 2.41. The second-order valence-electron chi connectivity index (χ2n) is 7.95. The molecular formula is C24H23ClN2O. The molecular weight excluding hydrogens is 368 g/mol. The lowest BCUT2D eigenvalue weighted by molar-refractivity contribution is 0.0763. The fraction of sp³-hybridized carbons (Fsp3) is 0.292. The van der Waals surface area contributed by atoms with E-state index in [0.717, 1.165) is 36.9 Å². The van der Waals surface area contributed by atoms with Crippen molar-refractivity contribution in [1.82, 2.24) is 9.38 Å². The van der Waals surface area contributed by atoms with Gasteiger partial charge in [-0.3, -0.25) is 0 Å². The maximum atomic E-state index is 11.1. The van der Waals surface area contributed by atoms with Crippen LogP contribution in [0.15, 0.2) is 67.1 Å². The topological polar surface area (TPSA) is 37.5 Å². The Hall–Kier alpha value is -2.36. The van der Waals surface area contributed by atoms with Gasteiger partial charge in [0.15, 0.2) is 0 Å². The van der Waals surface area contributed by atoms with Gasteiger partial charge in [-0.2, -0.15) is 0 Å². The van der Waals surface area contributed by atoms with Crippen molar-refractivity contribution in [2.45, 2.75) is 37.7 Å². The third-order valence-corrected chi connectivity index (χ3v) is 6.50. The van der Waals surface area contributed by atoms with Gasteiger partial charge in [-0.25, -0.2) is 4.98 Å². The Labute approximate surface area is 169 Å². The normalized spacial score (nSPS) is 21.2. The molecule has 0 bridgehead atoms. The molecule has 2 heterocycles. The van der Waals surface area contributed by atoms with Crippen LogP contribution in [0.5, 0.6) is 0 Å². The minimum Gasteiger partial charge on any atom is -0.387 e. The number of nitrogens with zero attached hydrogens (tertiary/aromatic N) is 2. The average molecular weight is 391 g/mol. The van der Waals surface area contributed by atoms with Crippen molar-refractivity contribution in [2.75, 3.05) is 0 Å². The zero-order valence-electron chi connectivity index (χ0n) is 15.6. The van der Waals surface area contributed by atoms with E-state index in [1.54, 1.807) is 12.5 Å². The lowest BCUT2D eigenvalue weighted by atomic mass is 9.76. The van der Waals surface area contributed by atoms with Crippen LogP contribution in [-0.2, 0) is 0 Å². The molecule has 0 aliphatic heterocycles. The molecule has 0 unspecified atom stereocenters. The molecule has 2 aromatic heterocycles. The van der Waals surface area contributed by atoms with Crippen molar-refractivity contribution in [3.8, 4) is 0 Å². The number of rotatable bonds is 3. The number of pyridine rings is 1. The zero-order valence-corrected chi connectivity index (χ0v) is 16.4. The highest BCUT2D eigenvalue weighted by molar-refractivity contribution is 6.31. The van der Waals surface area contributed by atoms with Crippen molar-refractivity contribution in [2.24, 2.45) is 5.92 Å². The summed E-state index contributed by atoms with van der Waals surface area (Å²) in [5, 5.41) is 14.3. The largest absolute Gasteiger partial charge is 0.387 e. The molecule has 4 heteroatoms. The molecule has 1 N–H and O–H groups in total. The lowest BCUT2D eigenvalue weighted by Crippen LogP contribution is -2.21. The average Bonchev–Trinajstić information content (AvgIpc) is 3.21. The fourth-order valence-electron chi connectivity index (χ4n) is 4.72. The summed E-state index contributed by atoms with van der Waals surface area (Å²) in [6.07, 6.45) is 7.25. The molecule has 0 amide bonds. The van der Waals surface area contributed by atoms with E-state index in [9.17, 15) is 5.11 Å². The van der Waals surface area contributed by atoms with Gasteiger partial charge in [0.05, 0.1) is 29.8 Å². The SMILES string of the molecule is O[C@H](c1cc(Cl)cc2cncn12)C1CCC(c2ccc3ccccc3c2)CC1. The van der Waals surface area contributed by atoms with Crippen LogP contribution in [-0.4, -0.2) is 14.5 Å². The van der Waals surface area contributed by atoms with Crippen LogP contribution in [0.3, 0.4) is 0 Å². The molecule has 3 nitrogen and oxygen atoms in total. The second-order valence-corrected chi connectivity index (χ2v) is 8.39. The summed E-state index contributed by atoms with van der Waals surface area (Å²) >= 11 is 6.26. The third kappa shape index (κ3) is 3.19. The molecule has 1 aliphatic rings. The van der Waals surface area contributed by atoms with Gasteiger partial charge in [0, 0.05) is 5.02 Å². The molecule has 1 atom stereocenters. The number of hydrogen-bond acceptors (Lipinski definition) is 2. The van der Waals surface area contributed by atoms with Crippen LogP contribution in [0.4, 0.5) is 0 Å². The van der Waals surface area contributed by atoms with E-state index in [2.05, 4.69) is 47.4 Å². The Balaban J connectivity index is 1.34. The Bertz CT molecular complexity index is 1130. The van der Waals surface area contributed by atoms with Gasteiger partial charge in [-0.05, 0) is 66.0 Å². The number of benzene rings is 2. The molecule has 0 saturated heterocycles. The van der Waals surface area contributed by atoms with E-state index in [1.807, 2.05) is 16.5 Å². The smallest absolute Gasteiger partial charge is 0.0995 e. The first kappa shape index (κ1) is 17.7. The van der Waals surface area contributed by atoms with E-state index < -0.39 is 6.10 Å². The van der Waals surface area contributed by atoms with Crippen LogP contribution < -0.4 is 0 Å². The van der Waals surface area contributed by atoms with Crippen molar-refractivity contribution < 1.29 is 5.11 Å². The van der Waals surface area contributed by atoms with Crippen LogP contribution in [0.1, 0.15) is 49.0 Å². The first-order chi connectivity index (χ1) is 13.7. The van der Waals surface area contributed by atoms with Crippen molar-refractivity contribution in [1.29, 1.82) is 0 Å². The highest BCUT2D eigenvalue weighted by Gasteiger charge is 2.29. The minimum atomic E-state index is -0.520. The summed E-state index contributed by atoms with van der Waals surface area (Å²) in [4.78, 5) is 4.20. The van der Waals surface area contributed by atoms with E-state index in [0.29, 0.717) is 10.9 Å². The number of aliphatic hydroxyl groups excluding tert-OH is 1. The van der Waals surface area contributed by atoms with Gasteiger partial charge in [0.25, 0.3) is 0 Å². The van der Waals surface area contributed by atoms with Crippen LogP contribution in [0.2, 0.25) is 5.02 Å². The lowest BCUT2D eigenvalue weighted by Gasteiger charge is -2.32. The van der Waals surface area contributed by atoms with Crippen molar-refractivity contribution in [3.63, 3.8) is 0 Å². The number of halogens is 1. The van der Waals surface area contributed by atoms with Crippen molar-refractivity contribution in [3.05, 3.63) is 83.4 Å². The Morgan fingerprint density at radius 3 is 2.57 bits per heavy atom. The molecule has 0 radical (unpaired) electrons. The first-order valence-corrected chi connectivity index (χ1v) is 10.3. The Kier molecular flexibility index (Phi) is 4.58. The highest BCUT2D eigenvalue weighted by atomic mass is 35.5. The molecule has 0 spiro atoms. The first-order valence-electron chi connectivity index (χ1n) is 9.97. The molecule has 1 aliphatic carbocycles. The number of fused-ring (bicyclic) bond motifs is 2. The molecule has 28 heavy (non-hydrogen) atoms. The number of aliphatic hydroxyl groups is 1. The van der Waals surface area contributed by atoms with Gasteiger partial charge in [-0.1, -0.05) is 54.1 Å². The summed E-state index contributed by atoms with van der Waals surface area (Å²) in [5.41, 5.74) is 3.19. The number of aromatic nitrogens is 2. The van der Waals surface area contributed by atoms with Crippen LogP contribution >= 0.6 is 11.6 Å². The molecule has 142 valence electrons. The second kappa shape index (κ2) is 7.23. The summed E-state index contributed by atoms with van der Waals surface area (Å²) in [7, 11) is 0. The van der Waals surface area contributed by atoms with E-state index in [-0.39, 0.29) is 5.92 Å². The van der Waals surface area contributed by atoms with E-state index >= 15 is 0 Å². The quantitative estimate of drug-likeness (QED) is 0.455. The minimum absolute atomic E-state index is 0.251. The van der Waals surface area contributed by atoms with Crippen LogP contribution in [0.25, 0.3) is 16.3 Å². The van der Waals surface area contributed by atoms with E-state index in [1.165, 1.54) is 16.3 Å². The third-order valence-electron chi connectivity index (χ3n) is 6.28. The van der Waals surface area contributed by atoms with Crippen molar-refractivity contribution >= 4 is 27.9 Å². The fourth-order valence-corrected chi connectivity index (χ4v) is 4.94. The van der Waals surface area contributed by atoms with Gasteiger partial charge < -0.3 is 9.51 Å². The predicted molar refractivity (Wildman–Crippen MR) is 114 cm³/mol. The van der Waals surface area contributed by atoms with E-state index in [4.69, 9.17) is 11.6 Å². The molecule has 1 fully saturated rings. The maximum Gasteiger partial charge on any atom is 0.0995 e. The maximum absolute atomic E-state index is 11.1. The van der Waals surface area contributed by atoms with Crippen LogP contribution in [0, 0.1) is 5.92 Å². The monoisotopic (exact) mass is 390 g/mol. The van der Waals surface area contributed by atoms with Gasteiger partial charge in [0.2, 0.25) is 0 Å². The molecule has 4 aromatic rings.